The number of hydrogen-bond acceptors (Lipinski definition) is 8. The van der Waals surface area contributed by atoms with Crippen LogP contribution in [0, 0.1) is 0 Å². The van der Waals surface area contributed by atoms with Crippen molar-refractivity contribution in [3.05, 3.63) is 0 Å². The first kappa shape index (κ1) is 16.8. The normalized spacial score (nSPS) is 31.0. The third-order valence-corrected chi connectivity index (χ3v) is 2.85. The van der Waals surface area contributed by atoms with E-state index >= 15 is 0 Å². The molecule has 5 N–H and O–H groups in total. The highest BCUT2D eigenvalue weighted by Gasteiger charge is 2.48. The Balaban J connectivity index is 2.53. The molecular formula is C11H18O9. The number of carboxylic acids is 1. The molecule has 0 aliphatic carbocycles. The van der Waals surface area contributed by atoms with E-state index in [4.69, 9.17) is 19.7 Å². The fourth-order valence-corrected chi connectivity index (χ4v) is 1.82. The molecular weight excluding hydrogens is 276 g/mol. The van der Waals surface area contributed by atoms with Crippen molar-refractivity contribution in [2.75, 3.05) is 6.61 Å². The highest BCUT2D eigenvalue weighted by molar-refractivity contribution is 5.71. The van der Waals surface area contributed by atoms with Crippen molar-refractivity contribution < 1.29 is 44.6 Å². The lowest BCUT2D eigenvalue weighted by atomic mass is 10.1. The predicted octanol–water partition coefficient (Wildman–Crippen LogP) is -2.42. The molecule has 9 nitrogen and oxygen atoms in total. The fraction of sp³-hybridized carbons (Fsp3) is 0.818. The second kappa shape index (κ2) is 7.50. The van der Waals surface area contributed by atoms with Gasteiger partial charge in [-0.2, -0.15) is 0 Å². The Hall–Kier alpha value is -1.26. The van der Waals surface area contributed by atoms with E-state index < -0.39 is 49.3 Å². The summed E-state index contributed by atoms with van der Waals surface area (Å²) in [5.41, 5.74) is 0. The highest BCUT2D eigenvalue weighted by Crippen LogP contribution is 2.25. The molecule has 9 heteroatoms. The van der Waals surface area contributed by atoms with Crippen LogP contribution in [0.2, 0.25) is 0 Å². The molecule has 0 amide bonds. The Labute approximate surface area is 114 Å². The maximum absolute atomic E-state index is 11.5. The number of rotatable bonds is 7. The SMILES string of the molecule is O=C(O)CCCC(=O)O[C@@H]1[C@@H](O)[C@@H](O)O[C@@H]1[C@H](O)CO. The molecule has 1 fully saturated rings. The Morgan fingerprint density at radius 3 is 2.45 bits per heavy atom. The summed E-state index contributed by atoms with van der Waals surface area (Å²) in [6, 6.07) is 0. The van der Waals surface area contributed by atoms with Crippen LogP contribution in [0.3, 0.4) is 0 Å². The number of aliphatic hydroxyl groups excluding tert-OH is 4. The van der Waals surface area contributed by atoms with Crippen molar-refractivity contribution in [3.8, 4) is 0 Å². The number of aliphatic hydroxyl groups is 4. The molecule has 1 aliphatic rings. The summed E-state index contributed by atoms with van der Waals surface area (Å²) in [7, 11) is 0. The molecule has 0 aromatic heterocycles. The van der Waals surface area contributed by atoms with Gasteiger partial charge < -0.3 is 35.0 Å². The molecule has 1 saturated heterocycles. The summed E-state index contributed by atoms with van der Waals surface area (Å²) in [5, 5.41) is 45.6. The minimum atomic E-state index is -1.64. The van der Waals surface area contributed by atoms with Crippen LogP contribution in [0.5, 0.6) is 0 Å². The second-order valence-corrected chi connectivity index (χ2v) is 4.43. The van der Waals surface area contributed by atoms with E-state index in [1.165, 1.54) is 0 Å². The third-order valence-electron chi connectivity index (χ3n) is 2.85. The number of carbonyl (C=O) groups excluding carboxylic acids is 1. The summed E-state index contributed by atoms with van der Waals surface area (Å²) >= 11 is 0. The van der Waals surface area contributed by atoms with Gasteiger partial charge in [-0.1, -0.05) is 0 Å². The van der Waals surface area contributed by atoms with Gasteiger partial charge in [-0.15, -0.1) is 0 Å². The highest BCUT2D eigenvalue weighted by atomic mass is 16.7. The maximum Gasteiger partial charge on any atom is 0.306 e. The molecule has 5 atom stereocenters. The number of aliphatic carboxylic acids is 1. The molecule has 0 aromatic rings. The van der Waals surface area contributed by atoms with E-state index in [9.17, 15) is 24.9 Å². The van der Waals surface area contributed by atoms with Gasteiger partial charge in [-0.25, -0.2) is 0 Å². The van der Waals surface area contributed by atoms with Gasteiger partial charge in [0.15, 0.2) is 12.4 Å². The zero-order chi connectivity index (χ0) is 15.3. The van der Waals surface area contributed by atoms with Gasteiger partial charge in [0.2, 0.25) is 0 Å². The molecule has 0 radical (unpaired) electrons. The minimum Gasteiger partial charge on any atom is -0.481 e. The molecule has 0 spiro atoms. The number of carbonyl (C=O) groups is 2. The van der Waals surface area contributed by atoms with Gasteiger partial charge >= 0.3 is 11.9 Å². The molecule has 116 valence electrons. The number of carboxylic acid groups (broad SMARTS) is 1. The number of hydrogen-bond donors (Lipinski definition) is 5. The molecule has 1 rings (SSSR count). The Morgan fingerprint density at radius 1 is 1.25 bits per heavy atom. The topological polar surface area (TPSA) is 154 Å². The Kier molecular flexibility index (Phi) is 6.30. The lowest BCUT2D eigenvalue weighted by Gasteiger charge is -2.23. The van der Waals surface area contributed by atoms with Gasteiger partial charge in [0.25, 0.3) is 0 Å². The summed E-state index contributed by atoms with van der Waals surface area (Å²) in [6.07, 6.45) is -7.54. The van der Waals surface area contributed by atoms with Gasteiger partial charge in [-0.3, -0.25) is 9.59 Å². The van der Waals surface area contributed by atoms with Crippen molar-refractivity contribution in [2.45, 2.75) is 50.0 Å². The molecule has 0 bridgehead atoms. The van der Waals surface area contributed by atoms with Gasteiger partial charge in [0.1, 0.15) is 18.3 Å². The van der Waals surface area contributed by atoms with E-state index in [2.05, 4.69) is 0 Å². The molecule has 20 heavy (non-hydrogen) atoms. The number of ether oxygens (including phenoxy) is 2. The third kappa shape index (κ3) is 4.39. The molecule has 1 heterocycles. The predicted molar refractivity (Wildman–Crippen MR) is 61.3 cm³/mol. The monoisotopic (exact) mass is 294 g/mol. The fourth-order valence-electron chi connectivity index (χ4n) is 1.82. The molecule has 0 saturated carbocycles. The lowest BCUT2D eigenvalue weighted by Crippen LogP contribution is -2.43. The first-order valence-electron chi connectivity index (χ1n) is 6.08. The molecule has 0 unspecified atom stereocenters. The van der Waals surface area contributed by atoms with Crippen LogP contribution in [0.15, 0.2) is 0 Å². The second-order valence-electron chi connectivity index (χ2n) is 4.43. The van der Waals surface area contributed by atoms with Crippen molar-refractivity contribution in [3.63, 3.8) is 0 Å². The van der Waals surface area contributed by atoms with Gasteiger partial charge in [0.05, 0.1) is 6.61 Å². The summed E-state index contributed by atoms with van der Waals surface area (Å²) in [5.74, 6) is -1.84. The molecule has 1 aliphatic heterocycles. The maximum atomic E-state index is 11.5. The minimum absolute atomic E-state index is 0.0631. The number of esters is 1. The first-order chi connectivity index (χ1) is 9.36. The summed E-state index contributed by atoms with van der Waals surface area (Å²) in [4.78, 5) is 21.8. The van der Waals surface area contributed by atoms with Crippen LogP contribution in [0.25, 0.3) is 0 Å². The first-order valence-corrected chi connectivity index (χ1v) is 6.08. The van der Waals surface area contributed by atoms with E-state index in [0.29, 0.717) is 0 Å². The van der Waals surface area contributed by atoms with E-state index in [1.807, 2.05) is 0 Å². The zero-order valence-electron chi connectivity index (χ0n) is 10.6. The largest absolute Gasteiger partial charge is 0.481 e. The van der Waals surface area contributed by atoms with E-state index in [0.717, 1.165) is 0 Å². The van der Waals surface area contributed by atoms with E-state index in [1.54, 1.807) is 0 Å². The van der Waals surface area contributed by atoms with Crippen LogP contribution in [0.1, 0.15) is 19.3 Å². The standard InChI is InChI=1S/C11H18O9/c12-4-5(13)9-10(8(17)11(18)20-9)19-7(16)3-1-2-6(14)15/h5,8-13,17-18H,1-4H2,(H,14,15)/t5-,8-,9-,10-,11+/m1/s1. The van der Waals surface area contributed by atoms with Crippen LogP contribution in [-0.2, 0) is 19.1 Å². The lowest BCUT2D eigenvalue weighted by molar-refractivity contribution is -0.162. The van der Waals surface area contributed by atoms with Crippen molar-refractivity contribution in [1.29, 1.82) is 0 Å². The van der Waals surface area contributed by atoms with Crippen molar-refractivity contribution in [1.82, 2.24) is 0 Å². The Bertz CT molecular complexity index is 345. The zero-order valence-corrected chi connectivity index (χ0v) is 10.6. The smallest absolute Gasteiger partial charge is 0.306 e. The van der Waals surface area contributed by atoms with Crippen molar-refractivity contribution in [2.24, 2.45) is 0 Å². The summed E-state index contributed by atoms with van der Waals surface area (Å²) in [6.45, 7) is -0.697. The molecule has 0 aromatic carbocycles. The van der Waals surface area contributed by atoms with E-state index in [-0.39, 0.29) is 19.3 Å². The van der Waals surface area contributed by atoms with Gasteiger partial charge in [-0.05, 0) is 6.42 Å². The quantitative estimate of drug-likeness (QED) is 0.323. The van der Waals surface area contributed by atoms with Crippen LogP contribution in [-0.4, -0.2) is 74.8 Å². The van der Waals surface area contributed by atoms with Crippen LogP contribution >= 0.6 is 0 Å². The van der Waals surface area contributed by atoms with Crippen molar-refractivity contribution >= 4 is 11.9 Å². The Morgan fingerprint density at radius 2 is 1.90 bits per heavy atom. The average molecular weight is 294 g/mol. The average Bonchev–Trinajstić information content (AvgIpc) is 2.65. The summed E-state index contributed by atoms with van der Waals surface area (Å²) < 4.78 is 9.68. The van der Waals surface area contributed by atoms with Crippen LogP contribution < -0.4 is 0 Å². The van der Waals surface area contributed by atoms with Crippen LogP contribution in [0.4, 0.5) is 0 Å². The van der Waals surface area contributed by atoms with Gasteiger partial charge in [0, 0.05) is 12.8 Å².